The van der Waals surface area contributed by atoms with Crippen molar-refractivity contribution in [3.8, 4) is 0 Å². The van der Waals surface area contributed by atoms with E-state index in [0.717, 1.165) is 64.2 Å². The number of carbonyl (C=O) groups excluding carboxylic acids is 2. The van der Waals surface area contributed by atoms with Gasteiger partial charge >= 0.3 is 13.8 Å². The highest BCUT2D eigenvalue weighted by Gasteiger charge is 2.30. The Balaban J connectivity index is 4.96. The first-order valence-corrected chi connectivity index (χ1v) is 35.3. The molecule has 460 valence electrons. The molecule has 0 aromatic carbocycles. The molecule has 0 fully saturated rings. The summed E-state index contributed by atoms with van der Waals surface area (Å²) in [5.41, 5.74) is 0. The van der Waals surface area contributed by atoms with Crippen LogP contribution in [-0.2, 0) is 27.9 Å². The average Bonchev–Trinajstić information content (AvgIpc) is 3.40. The lowest BCUT2D eigenvalue weighted by molar-refractivity contribution is -0.870. The number of ether oxygens (including phenoxy) is 1. The topological polar surface area (TPSA) is 111 Å². The number of amides is 1. The summed E-state index contributed by atoms with van der Waals surface area (Å²) in [6.07, 6.45) is 71.5. The van der Waals surface area contributed by atoms with Gasteiger partial charge in [-0.25, -0.2) is 4.57 Å². The highest BCUT2D eigenvalue weighted by molar-refractivity contribution is 7.47. The Morgan fingerprint density at radius 2 is 0.782 bits per heavy atom. The molecule has 0 rings (SSSR count). The normalized spacial score (nSPS) is 13.8. The van der Waals surface area contributed by atoms with Crippen molar-refractivity contribution in [2.75, 3.05) is 40.9 Å². The Bertz CT molecular complexity index is 1430. The molecule has 0 aliphatic rings. The molecule has 2 N–H and O–H groups in total. The first-order valence-electron chi connectivity index (χ1n) is 33.8. The molecule has 0 spiro atoms. The molecule has 0 radical (unpaired) electrons. The van der Waals surface area contributed by atoms with Crippen LogP contribution < -0.4 is 5.32 Å². The van der Waals surface area contributed by atoms with Gasteiger partial charge in [-0.1, -0.05) is 295 Å². The number of phosphoric acid groups is 1. The predicted molar refractivity (Wildman–Crippen MR) is 337 cm³/mol. The molecule has 0 heterocycles. The van der Waals surface area contributed by atoms with Gasteiger partial charge in [0.05, 0.1) is 33.8 Å². The van der Waals surface area contributed by atoms with Crippen LogP contribution in [-0.4, -0.2) is 74.3 Å². The zero-order chi connectivity index (χ0) is 57.2. The minimum atomic E-state index is -4.44. The number of unbranched alkanes of at least 4 members (excludes halogenated alkanes) is 42. The Morgan fingerprint density at radius 1 is 0.449 bits per heavy atom. The van der Waals surface area contributed by atoms with Crippen molar-refractivity contribution >= 4 is 19.7 Å². The third kappa shape index (κ3) is 58.9. The molecule has 3 unspecified atom stereocenters. The second-order valence-corrected chi connectivity index (χ2v) is 25.8. The molecule has 3 atom stereocenters. The number of allylic oxidation sites excluding steroid dienone is 5. The zero-order valence-electron chi connectivity index (χ0n) is 52.7. The van der Waals surface area contributed by atoms with E-state index < -0.39 is 20.0 Å². The van der Waals surface area contributed by atoms with E-state index in [1.54, 1.807) is 0 Å². The second-order valence-electron chi connectivity index (χ2n) is 24.4. The fraction of sp³-hybridized carbons (Fsp3) is 0.882. The van der Waals surface area contributed by atoms with E-state index >= 15 is 0 Å². The molecule has 0 saturated carbocycles. The van der Waals surface area contributed by atoms with Crippen LogP contribution >= 0.6 is 7.82 Å². The van der Waals surface area contributed by atoms with Crippen LogP contribution in [0.25, 0.3) is 0 Å². The van der Waals surface area contributed by atoms with E-state index in [0.29, 0.717) is 23.9 Å². The van der Waals surface area contributed by atoms with Gasteiger partial charge in [-0.2, -0.15) is 0 Å². The number of hydrogen-bond donors (Lipinski definition) is 2. The van der Waals surface area contributed by atoms with Crippen LogP contribution in [0.3, 0.4) is 0 Å². The van der Waals surface area contributed by atoms with Crippen LogP contribution in [0, 0.1) is 0 Å². The maximum atomic E-state index is 13.6. The standard InChI is InChI=1S/C68H131N2O7P/c1-7-10-13-16-19-22-25-28-29-30-31-32-33-34-35-36-37-38-39-40-41-43-45-48-51-54-57-60-67(71)69-65(64-76-78(73,74)75-63-62-70(4,5)6)66(59-56-53-50-47-44-27-24-21-18-15-12-9-3)77-68(72)61-58-55-52-49-46-42-26-23-20-17-14-11-8-2/h19,22,28-29,56,59,65-66H,7-18,20-21,23-27,30-55,57-58,60-64H2,1-6H3,(H-,69,71,73,74)/p+1/b22-19-,29-28-,59-56-. The van der Waals surface area contributed by atoms with Crippen LogP contribution in [0.15, 0.2) is 36.5 Å². The summed E-state index contributed by atoms with van der Waals surface area (Å²) in [5, 5.41) is 3.07. The Labute approximate surface area is 485 Å². The first kappa shape index (κ1) is 76.2. The molecule has 0 bridgehead atoms. The molecule has 0 saturated heterocycles. The summed E-state index contributed by atoms with van der Waals surface area (Å²) < 4.78 is 30.7. The SMILES string of the molecule is CCCCC/C=C\C/C=C\CCCCCCCCCCCCCCCCCCCC(=O)NC(COP(=O)(O)OCC[N+](C)(C)C)C(/C=C\CCCCCCCCCCCC)OC(=O)CCCCCCCCCCCCCCC. The van der Waals surface area contributed by atoms with E-state index in [4.69, 9.17) is 13.8 Å². The van der Waals surface area contributed by atoms with Crippen LogP contribution in [0.4, 0.5) is 0 Å². The van der Waals surface area contributed by atoms with Gasteiger partial charge in [-0.3, -0.25) is 18.6 Å². The predicted octanol–water partition coefficient (Wildman–Crippen LogP) is 21.1. The zero-order valence-corrected chi connectivity index (χ0v) is 53.6. The van der Waals surface area contributed by atoms with Gasteiger partial charge in [0.25, 0.3) is 0 Å². The Hall–Kier alpha value is -1.77. The number of likely N-dealkylation sites (N-methyl/N-ethyl adjacent to an activating group) is 1. The van der Waals surface area contributed by atoms with Crippen LogP contribution in [0.5, 0.6) is 0 Å². The van der Waals surface area contributed by atoms with Gasteiger partial charge in [0.1, 0.15) is 19.3 Å². The lowest BCUT2D eigenvalue weighted by atomic mass is 10.0. The highest BCUT2D eigenvalue weighted by Crippen LogP contribution is 2.43. The molecular formula is C68H132N2O7P+. The first-order chi connectivity index (χ1) is 37.9. The quantitative estimate of drug-likeness (QED) is 0.0205. The van der Waals surface area contributed by atoms with E-state index in [2.05, 4.69) is 50.4 Å². The van der Waals surface area contributed by atoms with Gasteiger partial charge in [0.15, 0.2) is 0 Å². The second kappa shape index (κ2) is 58.4. The molecule has 9 nitrogen and oxygen atoms in total. The maximum Gasteiger partial charge on any atom is 0.472 e. The minimum absolute atomic E-state index is 0.0436. The van der Waals surface area contributed by atoms with E-state index in [9.17, 15) is 19.0 Å². The van der Waals surface area contributed by atoms with Crippen LogP contribution in [0.2, 0.25) is 0 Å². The van der Waals surface area contributed by atoms with Crippen LogP contribution in [0.1, 0.15) is 335 Å². The van der Waals surface area contributed by atoms with Crippen molar-refractivity contribution in [3.63, 3.8) is 0 Å². The summed E-state index contributed by atoms with van der Waals surface area (Å²) in [4.78, 5) is 37.7. The largest absolute Gasteiger partial charge is 0.472 e. The monoisotopic (exact) mass is 1120 g/mol. The highest BCUT2D eigenvalue weighted by atomic mass is 31.2. The third-order valence-corrected chi connectivity index (χ3v) is 16.3. The van der Waals surface area contributed by atoms with Gasteiger partial charge in [0, 0.05) is 12.8 Å². The summed E-state index contributed by atoms with van der Waals surface area (Å²) >= 11 is 0. The van der Waals surface area contributed by atoms with E-state index in [-0.39, 0.29) is 25.1 Å². The molecule has 0 aliphatic carbocycles. The average molecular weight is 1120 g/mol. The summed E-state index contributed by atoms with van der Waals surface area (Å²) in [6, 6.07) is -0.843. The number of carbonyl (C=O) groups is 2. The number of rotatable bonds is 62. The third-order valence-electron chi connectivity index (χ3n) is 15.3. The fourth-order valence-electron chi connectivity index (χ4n) is 10.1. The maximum absolute atomic E-state index is 13.6. The summed E-state index contributed by atoms with van der Waals surface area (Å²) in [7, 11) is 1.51. The van der Waals surface area contributed by atoms with Gasteiger partial charge in [-0.15, -0.1) is 0 Å². The Kier molecular flexibility index (Phi) is 57.1. The number of nitrogens with zero attached hydrogens (tertiary/aromatic N) is 1. The van der Waals surface area contributed by atoms with E-state index in [1.165, 1.54) is 238 Å². The molecule has 0 aromatic rings. The summed E-state index contributed by atoms with van der Waals surface area (Å²) in [6.45, 7) is 7.03. The number of nitrogens with one attached hydrogen (secondary N) is 1. The number of phosphoric ester groups is 1. The van der Waals surface area contributed by atoms with Crippen molar-refractivity contribution in [2.24, 2.45) is 0 Å². The van der Waals surface area contributed by atoms with Gasteiger partial charge < -0.3 is 19.4 Å². The lowest BCUT2D eigenvalue weighted by Gasteiger charge is -2.27. The minimum Gasteiger partial charge on any atom is -0.456 e. The van der Waals surface area contributed by atoms with Gasteiger partial charge in [0.2, 0.25) is 5.91 Å². The van der Waals surface area contributed by atoms with Crippen molar-refractivity contribution in [1.29, 1.82) is 0 Å². The van der Waals surface area contributed by atoms with Crippen molar-refractivity contribution in [1.82, 2.24) is 5.32 Å². The molecule has 1 amide bonds. The summed E-state index contributed by atoms with van der Waals surface area (Å²) in [5.74, 6) is -0.488. The van der Waals surface area contributed by atoms with Crippen molar-refractivity contribution in [2.45, 2.75) is 348 Å². The fourth-order valence-corrected chi connectivity index (χ4v) is 10.8. The molecule has 78 heavy (non-hydrogen) atoms. The van der Waals surface area contributed by atoms with Crippen molar-refractivity contribution < 1.29 is 37.3 Å². The molecule has 10 heteroatoms. The molecular weight excluding hydrogens is 988 g/mol. The number of esters is 1. The van der Waals surface area contributed by atoms with Crippen molar-refractivity contribution in [3.05, 3.63) is 36.5 Å². The lowest BCUT2D eigenvalue weighted by Crippen LogP contribution is -2.47. The molecule has 0 aromatic heterocycles. The smallest absolute Gasteiger partial charge is 0.456 e. The Morgan fingerprint density at radius 3 is 1.18 bits per heavy atom. The van der Waals surface area contributed by atoms with Gasteiger partial charge in [-0.05, 0) is 63.9 Å². The molecule has 0 aliphatic heterocycles. The number of quaternary nitrogens is 1. The van der Waals surface area contributed by atoms with E-state index in [1.807, 2.05) is 33.3 Å². The number of hydrogen-bond acceptors (Lipinski definition) is 6.